The van der Waals surface area contributed by atoms with Crippen LogP contribution in [-0.2, 0) is 11.2 Å². The molecule has 5 aromatic carbocycles. The molecular weight excluding hydrogens is 544 g/mol. The van der Waals surface area contributed by atoms with Crippen molar-refractivity contribution in [3.05, 3.63) is 81.5 Å². The Hall–Kier alpha value is -5.64. The Balaban J connectivity index is 1.64. The number of phenols is 4. The van der Waals surface area contributed by atoms with E-state index in [2.05, 4.69) is 0 Å². The number of esters is 1. The molecule has 10 heteroatoms. The fraction of sp³-hybridized carbons (Fsp3) is 0.125. The first kappa shape index (κ1) is 26.6. The first-order valence-corrected chi connectivity index (χ1v) is 12.7. The molecule has 0 atom stereocenters. The van der Waals surface area contributed by atoms with Gasteiger partial charge in [0, 0.05) is 17.4 Å². The van der Waals surface area contributed by atoms with Gasteiger partial charge in [-0.15, -0.1) is 0 Å². The highest BCUT2D eigenvalue weighted by Gasteiger charge is 2.29. The van der Waals surface area contributed by atoms with Gasteiger partial charge in [0.2, 0.25) is 11.2 Å². The summed E-state index contributed by atoms with van der Waals surface area (Å²) in [6, 6.07) is 14.9. The Morgan fingerprint density at radius 2 is 1.55 bits per heavy atom. The molecule has 0 spiro atoms. The predicted molar refractivity (Wildman–Crippen MR) is 155 cm³/mol. The number of para-hydroxylation sites is 1. The predicted octanol–water partition coefficient (Wildman–Crippen LogP) is 5.47. The van der Waals surface area contributed by atoms with Crippen molar-refractivity contribution in [2.75, 3.05) is 21.3 Å². The number of rotatable bonds is 5. The largest absolute Gasteiger partial charge is 0.506 e. The number of benzene rings is 5. The van der Waals surface area contributed by atoms with Gasteiger partial charge < -0.3 is 39.1 Å². The second-order valence-electron chi connectivity index (χ2n) is 9.71. The molecule has 0 aliphatic rings. The van der Waals surface area contributed by atoms with Crippen LogP contribution in [0.25, 0.3) is 43.5 Å². The highest BCUT2D eigenvalue weighted by atomic mass is 16.5. The van der Waals surface area contributed by atoms with Gasteiger partial charge in [0.15, 0.2) is 11.5 Å². The number of ether oxygens (including phenoxy) is 3. The maximum Gasteiger partial charge on any atom is 0.345 e. The Morgan fingerprint density at radius 3 is 2.26 bits per heavy atom. The second kappa shape index (κ2) is 9.77. The van der Waals surface area contributed by atoms with Crippen molar-refractivity contribution in [1.29, 1.82) is 0 Å². The Morgan fingerprint density at radius 1 is 0.810 bits per heavy atom. The molecule has 212 valence electrons. The van der Waals surface area contributed by atoms with E-state index in [4.69, 9.17) is 18.6 Å². The topological polar surface area (TPSA) is 156 Å². The molecule has 1 heterocycles. The van der Waals surface area contributed by atoms with Crippen LogP contribution >= 0.6 is 0 Å². The number of fused-ring (bicyclic) bond motifs is 4. The molecule has 1 aromatic heterocycles. The summed E-state index contributed by atoms with van der Waals surface area (Å²) < 4.78 is 21.6. The van der Waals surface area contributed by atoms with Crippen molar-refractivity contribution in [2.24, 2.45) is 0 Å². The number of aromatic hydroxyl groups is 4. The zero-order chi connectivity index (χ0) is 29.9. The summed E-state index contributed by atoms with van der Waals surface area (Å²) >= 11 is 0. The lowest BCUT2D eigenvalue weighted by Crippen LogP contribution is -2.10. The van der Waals surface area contributed by atoms with Gasteiger partial charge in [-0.3, -0.25) is 4.79 Å². The standard InChI is InChI=1S/C32H24O10/c1-39-23-13-15-10-19-16(12-21(33)31(40-2)28(19)36)8-14(15)9-17(23)11-20-27(35)25(32(38)41-3)29(37)24-26(34)18-6-4-5-7-22(18)42-30(20)24/h4-10,12-13,33,35-37H,11H2,1-3H3. The van der Waals surface area contributed by atoms with Crippen LogP contribution in [0, 0.1) is 0 Å². The molecule has 0 unspecified atom stereocenters. The molecule has 0 aliphatic heterocycles. The second-order valence-corrected chi connectivity index (χ2v) is 9.71. The highest BCUT2D eigenvalue weighted by molar-refractivity contribution is 6.07. The molecule has 10 nitrogen and oxygen atoms in total. The van der Waals surface area contributed by atoms with Gasteiger partial charge in [0.1, 0.15) is 39.4 Å². The molecule has 4 N–H and O–H groups in total. The van der Waals surface area contributed by atoms with Crippen LogP contribution in [0.2, 0.25) is 0 Å². The molecule has 6 aromatic rings. The fourth-order valence-electron chi connectivity index (χ4n) is 5.42. The molecular formula is C32H24O10. The molecule has 6 rings (SSSR count). The van der Waals surface area contributed by atoms with Gasteiger partial charge >= 0.3 is 5.97 Å². The Bertz CT molecular complexity index is 2160. The first-order valence-electron chi connectivity index (χ1n) is 12.7. The van der Waals surface area contributed by atoms with Gasteiger partial charge in [0.25, 0.3) is 0 Å². The third kappa shape index (κ3) is 3.87. The van der Waals surface area contributed by atoms with Crippen molar-refractivity contribution < 1.29 is 43.8 Å². The van der Waals surface area contributed by atoms with E-state index >= 15 is 0 Å². The molecule has 0 bridgehead atoms. The summed E-state index contributed by atoms with van der Waals surface area (Å²) in [7, 11) is 3.90. The van der Waals surface area contributed by atoms with Crippen molar-refractivity contribution >= 4 is 49.5 Å². The quantitative estimate of drug-likeness (QED) is 0.155. The van der Waals surface area contributed by atoms with E-state index in [-0.39, 0.29) is 51.2 Å². The van der Waals surface area contributed by atoms with Crippen LogP contribution < -0.4 is 14.9 Å². The SMILES string of the molecule is COC(=O)c1c(O)c(Cc2cc3cc4cc(O)c(OC)c(O)c4cc3cc2OC)c2oc3ccccc3c(=O)c2c1O. The molecule has 0 radical (unpaired) electrons. The molecule has 0 amide bonds. The molecule has 0 saturated carbocycles. The minimum Gasteiger partial charge on any atom is -0.506 e. The van der Waals surface area contributed by atoms with Crippen LogP contribution in [0.3, 0.4) is 0 Å². The van der Waals surface area contributed by atoms with Crippen LogP contribution in [0.5, 0.6) is 34.5 Å². The molecule has 42 heavy (non-hydrogen) atoms. The lowest BCUT2D eigenvalue weighted by Gasteiger charge is -2.17. The summed E-state index contributed by atoms with van der Waals surface area (Å²) in [5.41, 5.74) is -0.405. The van der Waals surface area contributed by atoms with E-state index in [0.717, 1.165) is 7.11 Å². The van der Waals surface area contributed by atoms with Crippen molar-refractivity contribution in [2.45, 2.75) is 6.42 Å². The van der Waals surface area contributed by atoms with Gasteiger partial charge in [0.05, 0.1) is 26.7 Å². The number of carbonyl (C=O) groups excluding carboxylic acids is 1. The zero-order valence-corrected chi connectivity index (χ0v) is 22.6. The van der Waals surface area contributed by atoms with Gasteiger partial charge in [-0.05, 0) is 64.2 Å². The van der Waals surface area contributed by atoms with E-state index in [9.17, 15) is 30.0 Å². The maximum absolute atomic E-state index is 13.5. The number of methoxy groups -OCH3 is 3. The lowest BCUT2D eigenvalue weighted by atomic mass is 9.93. The first-order chi connectivity index (χ1) is 20.2. The summed E-state index contributed by atoms with van der Waals surface area (Å²) in [5, 5.41) is 45.6. The number of hydrogen-bond donors (Lipinski definition) is 4. The maximum atomic E-state index is 13.5. The average molecular weight is 569 g/mol. The zero-order valence-electron chi connectivity index (χ0n) is 22.6. The van der Waals surface area contributed by atoms with E-state index in [0.29, 0.717) is 32.9 Å². The van der Waals surface area contributed by atoms with Crippen LogP contribution in [0.4, 0.5) is 0 Å². The summed E-state index contributed by atoms with van der Waals surface area (Å²) in [5.74, 6) is -2.47. The number of phenolic OH excluding ortho intramolecular Hbond substituents is 4. The summed E-state index contributed by atoms with van der Waals surface area (Å²) in [6.07, 6.45) is -0.0792. The summed E-state index contributed by atoms with van der Waals surface area (Å²) in [6.45, 7) is 0. The number of carbonyl (C=O) groups is 1. The smallest absolute Gasteiger partial charge is 0.345 e. The van der Waals surface area contributed by atoms with E-state index in [1.807, 2.05) is 0 Å². The molecule has 0 saturated heterocycles. The fourth-order valence-corrected chi connectivity index (χ4v) is 5.42. The highest BCUT2D eigenvalue weighted by Crippen LogP contribution is 2.45. The van der Waals surface area contributed by atoms with Crippen molar-refractivity contribution in [1.82, 2.24) is 0 Å². The van der Waals surface area contributed by atoms with Gasteiger partial charge in [-0.25, -0.2) is 4.79 Å². The molecule has 0 fully saturated rings. The van der Waals surface area contributed by atoms with Gasteiger partial charge in [-0.1, -0.05) is 12.1 Å². The number of hydrogen-bond acceptors (Lipinski definition) is 10. The summed E-state index contributed by atoms with van der Waals surface area (Å²) in [4.78, 5) is 26.1. The average Bonchev–Trinajstić information content (AvgIpc) is 2.98. The third-order valence-corrected chi connectivity index (χ3v) is 7.43. The molecule has 0 aliphatic carbocycles. The van der Waals surface area contributed by atoms with Crippen LogP contribution in [-0.4, -0.2) is 47.7 Å². The van der Waals surface area contributed by atoms with Crippen molar-refractivity contribution in [3.8, 4) is 34.5 Å². The van der Waals surface area contributed by atoms with E-state index < -0.39 is 28.5 Å². The monoisotopic (exact) mass is 568 g/mol. The Labute approximate surface area is 237 Å². The van der Waals surface area contributed by atoms with Crippen LogP contribution in [0.1, 0.15) is 21.5 Å². The van der Waals surface area contributed by atoms with E-state index in [1.54, 1.807) is 42.5 Å². The lowest BCUT2D eigenvalue weighted by molar-refractivity contribution is 0.0594. The third-order valence-electron chi connectivity index (χ3n) is 7.43. The Kier molecular flexibility index (Phi) is 6.18. The normalized spacial score (nSPS) is 11.4. The minimum atomic E-state index is -1.03. The minimum absolute atomic E-state index is 0.0458. The van der Waals surface area contributed by atoms with E-state index in [1.165, 1.54) is 26.4 Å². The van der Waals surface area contributed by atoms with Crippen LogP contribution in [0.15, 0.2) is 63.8 Å². The van der Waals surface area contributed by atoms with Crippen molar-refractivity contribution in [3.63, 3.8) is 0 Å². The van der Waals surface area contributed by atoms with Gasteiger partial charge in [-0.2, -0.15) is 0 Å².